The van der Waals surface area contributed by atoms with Crippen LogP contribution in [-0.2, 0) is 6.54 Å². The van der Waals surface area contributed by atoms with Crippen molar-refractivity contribution in [1.82, 2.24) is 0 Å². The molecule has 29 heavy (non-hydrogen) atoms. The van der Waals surface area contributed by atoms with Gasteiger partial charge in [0.1, 0.15) is 0 Å². The number of hydrogen-bond donors (Lipinski definition) is 1. The molecule has 0 aliphatic rings. The van der Waals surface area contributed by atoms with E-state index in [1.54, 1.807) is 0 Å². The van der Waals surface area contributed by atoms with Gasteiger partial charge in [-0.05, 0) is 0 Å². The zero-order valence-corrected chi connectivity index (χ0v) is 18.7. The van der Waals surface area contributed by atoms with Gasteiger partial charge in [-0.2, -0.15) is 0 Å². The van der Waals surface area contributed by atoms with Gasteiger partial charge in [0.2, 0.25) is 0 Å². The van der Waals surface area contributed by atoms with Gasteiger partial charge >= 0.3 is 162 Å². The van der Waals surface area contributed by atoms with Crippen LogP contribution in [0, 0.1) is 0 Å². The second-order valence-corrected chi connectivity index (χ2v) is 10.6. The Morgan fingerprint density at radius 2 is 0.759 bits per heavy atom. The van der Waals surface area contributed by atoms with Crippen LogP contribution in [0.5, 0.6) is 0 Å². The molecule has 0 aliphatic heterocycles. The Labute approximate surface area is 186 Å². The molecule has 150 valence electrons. The Morgan fingerprint density at radius 1 is 0.448 bits per heavy atom. The van der Waals surface area contributed by atoms with E-state index in [1.807, 2.05) is 0 Å². The average Bonchev–Trinajstić information content (AvgIpc) is 2.77. The molecule has 1 nitrogen and oxygen atoms in total. The minimum absolute atomic E-state index is 0. The van der Waals surface area contributed by atoms with E-state index in [4.69, 9.17) is 5.73 Å². The molecule has 0 radical (unpaired) electrons. The molecular formula is C25H26Cl2NP. The molecule has 4 aromatic rings. The maximum atomic E-state index is 5.85. The van der Waals surface area contributed by atoms with E-state index < -0.39 is 7.26 Å². The SMILES string of the molecule is Cl.Cl.NCc1ccc([PH](c2ccccc2)(c2ccccc2)c2ccccc2)cc1. The summed E-state index contributed by atoms with van der Waals surface area (Å²) in [5.74, 6) is 0. The molecule has 2 N–H and O–H groups in total. The van der Waals surface area contributed by atoms with Crippen molar-refractivity contribution in [2.75, 3.05) is 0 Å². The molecule has 0 aliphatic carbocycles. The number of hydrogen-bond acceptors (Lipinski definition) is 1. The predicted octanol–water partition coefficient (Wildman–Crippen LogP) is 4.34. The molecule has 4 heteroatoms. The fraction of sp³-hybridized carbons (Fsp3) is 0.0400. The molecule has 0 heterocycles. The average molecular weight is 442 g/mol. The van der Waals surface area contributed by atoms with Gasteiger partial charge in [0, 0.05) is 0 Å². The Morgan fingerprint density at radius 3 is 1.07 bits per heavy atom. The summed E-state index contributed by atoms with van der Waals surface area (Å²) < 4.78 is 0. The summed E-state index contributed by atoms with van der Waals surface area (Å²) in [7, 11) is -2.38. The van der Waals surface area contributed by atoms with Crippen molar-refractivity contribution in [3.8, 4) is 0 Å². The number of rotatable bonds is 5. The first-order valence-electron chi connectivity index (χ1n) is 9.32. The van der Waals surface area contributed by atoms with Crippen molar-refractivity contribution in [2.45, 2.75) is 6.54 Å². The Balaban J connectivity index is 0.00000150. The molecule has 4 rings (SSSR count). The Kier molecular flexibility index (Phi) is 8.44. The van der Waals surface area contributed by atoms with Crippen LogP contribution in [0.4, 0.5) is 0 Å². The first-order chi connectivity index (χ1) is 13.4. The van der Waals surface area contributed by atoms with E-state index in [-0.39, 0.29) is 24.8 Å². The molecule has 0 aromatic heterocycles. The molecular weight excluding hydrogens is 416 g/mol. The predicted molar refractivity (Wildman–Crippen MR) is 135 cm³/mol. The van der Waals surface area contributed by atoms with Gasteiger partial charge in [-0.15, -0.1) is 24.8 Å². The molecule has 0 unspecified atom stereocenters. The van der Waals surface area contributed by atoms with E-state index >= 15 is 0 Å². The molecule has 0 bridgehead atoms. The van der Waals surface area contributed by atoms with Crippen molar-refractivity contribution in [3.05, 3.63) is 121 Å². The van der Waals surface area contributed by atoms with Crippen LogP contribution < -0.4 is 27.0 Å². The molecule has 0 saturated carbocycles. The zero-order valence-electron chi connectivity index (χ0n) is 16.1. The third kappa shape index (κ3) is 4.39. The summed E-state index contributed by atoms with van der Waals surface area (Å²) >= 11 is 0. The van der Waals surface area contributed by atoms with Gasteiger partial charge < -0.3 is 0 Å². The van der Waals surface area contributed by atoms with Crippen LogP contribution in [0.25, 0.3) is 0 Å². The van der Waals surface area contributed by atoms with E-state index in [0.29, 0.717) is 6.54 Å². The van der Waals surface area contributed by atoms with Crippen LogP contribution >= 0.6 is 32.1 Å². The van der Waals surface area contributed by atoms with Crippen LogP contribution in [0.2, 0.25) is 0 Å². The number of nitrogens with two attached hydrogens (primary N) is 1. The normalized spacial score (nSPS) is 11.1. The monoisotopic (exact) mass is 441 g/mol. The van der Waals surface area contributed by atoms with Crippen LogP contribution in [0.1, 0.15) is 5.56 Å². The third-order valence-corrected chi connectivity index (χ3v) is 10.0. The fourth-order valence-electron chi connectivity index (χ4n) is 3.96. The van der Waals surface area contributed by atoms with E-state index in [1.165, 1.54) is 21.2 Å². The van der Waals surface area contributed by atoms with Crippen LogP contribution in [-0.4, -0.2) is 0 Å². The van der Waals surface area contributed by atoms with Gasteiger partial charge in [0.05, 0.1) is 0 Å². The van der Waals surface area contributed by atoms with E-state index in [2.05, 4.69) is 115 Å². The van der Waals surface area contributed by atoms with Crippen LogP contribution in [0.3, 0.4) is 0 Å². The summed E-state index contributed by atoms with van der Waals surface area (Å²) in [6, 6.07) is 41.8. The summed E-state index contributed by atoms with van der Waals surface area (Å²) in [4.78, 5) is 0. The quantitative estimate of drug-likeness (QED) is 0.458. The second-order valence-electron chi connectivity index (χ2n) is 6.75. The summed E-state index contributed by atoms with van der Waals surface area (Å²) in [5, 5.41) is 5.55. The van der Waals surface area contributed by atoms with Gasteiger partial charge in [-0.3, -0.25) is 0 Å². The van der Waals surface area contributed by atoms with Gasteiger partial charge in [-0.25, -0.2) is 0 Å². The van der Waals surface area contributed by atoms with Crippen molar-refractivity contribution in [3.63, 3.8) is 0 Å². The summed E-state index contributed by atoms with van der Waals surface area (Å²) in [5.41, 5.74) is 7.02. The fourth-order valence-corrected chi connectivity index (χ4v) is 8.70. The first-order valence-corrected chi connectivity index (χ1v) is 11.3. The minimum atomic E-state index is -2.38. The Hall–Kier alpha value is -2.15. The van der Waals surface area contributed by atoms with E-state index in [0.717, 1.165) is 5.56 Å². The van der Waals surface area contributed by atoms with Gasteiger partial charge in [0.15, 0.2) is 0 Å². The van der Waals surface area contributed by atoms with Gasteiger partial charge in [-0.1, -0.05) is 0 Å². The molecule has 0 spiro atoms. The Bertz CT molecular complexity index is 895. The van der Waals surface area contributed by atoms with Gasteiger partial charge in [0.25, 0.3) is 0 Å². The molecule has 0 fully saturated rings. The molecule has 4 aromatic carbocycles. The number of halogens is 2. The zero-order chi connectivity index (χ0) is 18.5. The van der Waals surface area contributed by atoms with Crippen molar-refractivity contribution >= 4 is 53.3 Å². The standard InChI is InChI=1S/C25H24NP.2ClH/c26-20-21-16-18-25(19-17-21)27(22-10-4-1-5-11-22,23-12-6-2-7-13-23)24-14-8-3-9-15-24;;/h1-19,27H,20,26H2;2*1H. The third-order valence-electron chi connectivity index (χ3n) is 5.24. The van der Waals surface area contributed by atoms with Crippen molar-refractivity contribution < 1.29 is 0 Å². The summed E-state index contributed by atoms with van der Waals surface area (Å²) in [6.07, 6.45) is 0. The maximum absolute atomic E-state index is 5.85. The van der Waals surface area contributed by atoms with Crippen molar-refractivity contribution in [1.29, 1.82) is 0 Å². The second kappa shape index (κ2) is 10.6. The van der Waals surface area contributed by atoms with Crippen molar-refractivity contribution in [2.24, 2.45) is 5.73 Å². The topological polar surface area (TPSA) is 26.0 Å². The number of benzene rings is 4. The molecule has 0 atom stereocenters. The summed E-state index contributed by atoms with van der Waals surface area (Å²) in [6.45, 7) is 0.566. The van der Waals surface area contributed by atoms with Crippen LogP contribution in [0.15, 0.2) is 115 Å². The van der Waals surface area contributed by atoms with E-state index in [9.17, 15) is 0 Å². The first kappa shape index (κ1) is 23.1. The molecule has 0 amide bonds. The molecule has 0 saturated heterocycles.